The molecule has 0 heterocycles. The molecule has 2 N–H and O–H groups in total. The molecule has 0 unspecified atom stereocenters. The highest BCUT2D eigenvalue weighted by molar-refractivity contribution is 7.94. The van der Waals surface area contributed by atoms with E-state index in [2.05, 4.69) is 10.0 Å². The SMILES string of the molecule is CC(C)(C)OC(=O)Nc1cccc(NS(=O)(=O)C2(COCc3ccccc3)CC2)c1. The van der Waals surface area contributed by atoms with Crippen LogP contribution in [0.15, 0.2) is 54.6 Å². The molecule has 1 aliphatic carbocycles. The molecule has 0 aromatic heterocycles. The molecular weight excluding hydrogens is 404 g/mol. The van der Waals surface area contributed by atoms with Gasteiger partial charge in [-0.3, -0.25) is 10.0 Å². The Morgan fingerprint density at radius 2 is 1.70 bits per heavy atom. The van der Waals surface area contributed by atoms with Crippen molar-refractivity contribution >= 4 is 27.5 Å². The fourth-order valence-corrected chi connectivity index (χ4v) is 4.44. The zero-order valence-corrected chi connectivity index (χ0v) is 18.3. The third-order valence-electron chi connectivity index (χ3n) is 4.61. The molecule has 0 aliphatic heterocycles. The van der Waals surface area contributed by atoms with Crippen LogP contribution in [0.1, 0.15) is 39.2 Å². The smallest absolute Gasteiger partial charge is 0.412 e. The number of benzene rings is 2. The van der Waals surface area contributed by atoms with E-state index in [1.165, 1.54) is 0 Å². The van der Waals surface area contributed by atoms with Crippen molar-refractivity contribution in [1.82, 2.24) is 0 Å². The Bertz CT molecular complexity index is 980. The van der Waals surface area contributed by atoms with Gasteiger partial charge in [0.15, 0.2) is 0 Å². The van der Waals surface area contributed by atoms with Gasteiger partial charge in [0, 0.05) is 5.69 Å². The van der Waals surface area contributed by atoms with Gasteiger partial charge < -0.3 is 9.47 Å². The highest BCUT2D eigenvalue weighted by atomic mass is 32.2. The molecule has 1 saturated carbocycles. The van der Waals surface area contributed by atoms with E-state index < -0.39 is 26.5 Å². The zero-order chi connectivity index (χ0) is 21.8. The summed E-state index contributed by atoms with van der Waals surface area (Å²) in [6.07, 6.45) is 0.496. The molecule has 8 heteroatoms. The number of carbonyl (C=O) groups is 1. The fourth-order valence-electron chi connectivity index (χ4n) is 2.90. The van der Waals surface area contributed by atoms with E-state index in [1.807, 2.05) is 30.3 Å². The van der Waals surface area contributed by atoms with Gasteiger partial charge in [0.25, 0.3) is 0 Å². The molecule has 0 saturated heterocycles. The molecule has 1 aliphatic rings. The number of carbonyl (C=O) groups excluding carboxylic acids is 1. The second-order valence-corrected chi connectivity index (χ2v) is 10.6. The van der Waals surface area contributed by atoms with Crippen LogP contribution in [-0.4, -0.2) is 31.5 Å². The van der Waals surface area contributed by atoms with E-state index in [0.717, 1.165) is 5.56 Å². The first-order chi connectivity index (χ1) is 14.1. The van der Waals surface area contributed by atoms with Crippen LogP contribution in [0.3, 0.4) is 0 Å². The highest BCUT2D eigenvalue weighted by Gasteiger charge is 2.55. The van der Waals surface area contributed by atoms with E-state index in [0.29, 0.717) is 30.8 Å². The number of nitrogens with one attached hydrogen (secondary N) is 2. The summed E-state index contributed by atoms with van der Waals surface area (Å²) in [6.45, 7) is 5.81. The maximum absolute atomic E-state index is 12.9. The number of rotatable bonds is 8. The Hall–Kier alpha value is -2.58. The Kier molecular flexibility index (Phi) is 6.38. The summed E-state index contributed by atoms with van der Waals surface area (Å²) in [4.78, 5) is 11.9. The maximum Gasteiger partial charge on any atom is 0.412 e. The van der Waals surface area contributed by atoms with Gasteiger partial charge in [-0.2, -0.15) is 0 Å². The normalized spacial score (nSPS) is 15.3. The summed E-state index contributed by atoms with van der Waals surface area (Å²) in [5, 5.41) is 2.61. The molecule has 0 atom stereocenters. The lowest BCUT2D eigenvalue weighted by Crippen LogP contribution is -2.34. The maximum atomic E-state index is 12.9. The molecule has 0 radical (unpaired) electrons. The predicted octanol–water partition coefficient (Wildman–Crippen LogP) is 4.52. The number of ether oxygens (including phenoxy) is 2. The van der Waals surface area contributed by atoms with Gasteiger partial charge in [-0.1, -0.05) is 36.4 Å². The fraction of sp³-hybridized carbons (Fsp3) is 0.409. The van der Waals surface area contributed by atoms with Crippen molar-refractivity contribution in [3.63, 3.8) is 0 Å². The molecule has 1 amide bonds. The first-order valence-corrected chi connectivity index (χ1v) is 11.3. The summed E-state index contributed by atoms with van der Waals surface area (Å²) in [5.74, 6) is 0. The predicted molar refractivity (Wildman–Crippen MR) is 117 cm³/mol. The summed E-state index contributed by atoms with van der Waals surface area (Å²) in [7, 11) is -3.65. The monoisotopic (exact) mass is 432 g/mol. The minimum atomic E-state index is -3.65. The topological polar surface area (TPSA) is 93.7 Å². The first kappa shape index (κ1) is 22.1. The Balaban J connectivity index is 1.60. The zero-order valence-electron chi connectivity index (χ0n) is 17.5. The molecule has 2 aromatic rings. The number of anilines is 2. The lowest BCUT2D eigenvalue weighted by atomic mass is 10.2. The van der Waals surface area contributed by atoms with E-state index in [9.17, 15) is 13.2 Å². The molecule has 0 bridgehead atoms. The average Bonchev–Trinajstić information content (AvgIpc) is 3.42. The van der Waals surface area contributed by atoms with Crippen molar-refractivity contribution in [2.75, 3.05) is 16.6 Å². The lowest BCUT2D eigenvalue weighted by molar-refractivity contribution is 0.0636. The number of amides is 1. The van der Waals surface area contributed by atoms with Crippen LogP contribution in [-0.2, 0) is 26.1 Å². The van der Waals surface area contributed by atoms with Crippen molar-refractivity contribution in [3.8, 4) is 0 Å². The quantitative estimate of drug-likeness (QED) is 0.639. The summed E-state index contributed by atoms with van der Waals surface area (Å²) in [6, 6.07) is 16.2. The van der Waals surface area contributed by atoms with Crippen molar-refractivity contribution in [2.45, 2.75) is 50.6 Å². The standard InChI is InChI=1S/C22H28N2O5S/c1-21(2,3)29-20(25)23-18-10-7-11-19(14-18)24-30(26,27)22(12-13-22)16-28-15-17-8-5-4-6-9-17/h4-11,14,24H,12-13,15-16H2,1-3H3,(H,23,25). The number of hydrogen-bond acceptors (Lipinski definition) is 5. The summed E-state index contributed by atoms with van der Waals surface area (Å²) < 4.78 is 38.5. The van der Waals surface area contributed by atoms with Gasteiger partial charge in [-0.15, -0.1) is 0 Å². The number of hydrogen-bond donors (Lipinski definition) is 2. The first-order valence-electron chi connectivity index (χ1n) is 9.83. The van der Waals surface area contributed by atoms with E-state index >= 15 is 0 Å². The van der Waals surface area contributed by atoms with Crippen molar-refractivity contribution in [1.29, 1.82) is 0 Å². The van der Waals surface area contributed by atoms with Crippen molar-refractivity contribution in [3.05, 3.63) is 60.2 Å². The van der Waals surface area contributed by atoms with E-state index in [4.69, 9.17) is 9.47 Å². The van der Waals surface area contributed by atoms with Crippen LogP contribution in [0.4, 0.5) is 16.2 Å². The third kappa shape index (κ3) is 5.96. The largest absolute Gasteiger partial charge is 0.444 e. The molecule has 1 fully saturated rings. The van der Waals surface area contributed by atoms with Crippen LogP contribution in [0.2, 0.25) is 0 Å². The summed E-state index contributed by atoms with van der Waals surface area (Å²) in [5.41, 5.74) is 1.19. The molecule has 30 heavy (non-hydrogen) atoms. The molecular formula is C22H28N2O5S. The van der Waals surface area contributed by atoms with Gasteiger partial charge >= 0.3 is 6.09 Å². The number of sulfonamides is 1. The third-order valence-corrected chi connectivity index (χ3v) is 6.79. The van der Waals surface area contributed by atoms with Gasteiger partial charge in [0.05, 0.1) is 18.9 Å². The minimum absolute atomic E-state index is 0.132. The molecule has 162 valence electrons. The molecule has 0 spiro atoms. The molecule has 7 nitrogen and oxygen atoms in total. The second-order valence-electron chi connectivity index (χ2n) is 8.47. The van der Waals surface area contributed by atoms with Crippen LogP contribution >= 0.6 is 0 Å². The van der Waals surface area contributed by atoms with Crippen LogP contribution in [0.25, 0.3) is 0 Å². The van der Waals surface area contributed by atoms with E-state index in [-0.39, 0.29) is 6.61 Å². The van der Waals surface area contributed by atoms with Gasteiger partial charge in [-0.05, 0) is 57.4 Å². The summed E-state index contributed by atoms with van der Waals surface area (Å²) >= 11 is 0. The van der Waals surface area contributed by atoms with Crippen LogP contribution in [0.5, 0.6) is 0 Å². The molecule has 2 aromatic carbocycles. The molecule has 3 rings (SSSR count). The minimum Gasteiger partial charge on any atom is -0.444 e. The van der Waals surface area contributed by atoms with Gasteiger partial charge in [0.1, 0.15) is 10.3 Å². The Morgan fingerprint density at radius 1 is 1.03 bits per heavy atom. The van der Waals surface area contributed by atoms with Crippen LogP contribution in [0, 0.1) is 0 Å². The van der Waals surface area contributed by atoms with Gasteiger partial charge in [0.2, 0.25) is 10.0 Å². The van der Waals surface area contributed by atoms with Gasteiger partial charge in [-0.25, -0.2) is 13.2 Å². The second kappa shape index (κ2) is 8.65. The lowest BCUT2D eigenvalue weighted by Gasteiger charge is -2.20. The Morgan fingerprint density at radius 3 is 2.33 bits per heavy atom. The van der Waals surface area contributed by atoms with Crippen molar-refractivity contribution in [2.24, 2.45) is 0 Å². The van der Waals surface area contributed by atoms with E-state index in [1.54, 1.807) is 45.0 Å². The van der Waals surface area contributed by atoms with Crippen molar-refractivity contribution < 1.29 is 22.7 Å². The average molecular weight is 433 g/mol. The highest BCUT2D eigenvalue weighted by Crippen LogP contribution is 2.44. The van der Waals surface area contributed by atoms with Crippen LogP contribution < -0.4 is 10.0 Å². The Labute approximate surface area is 177 Å².